The smallest absolute Gasteiger partial charge is 0.278 e. The molecule has 3 heterocycles. The lowest BCUT2D eigenvalue weighted by Crippen LogP contribution is -2.18. The van der Waals surface area contributed by atoms with Crippen molar-refractivity contribution < 1.29 is 4.79 Å². The second-order valence-electron chi connectivity index (χ2n) is 5.70. The highest BCUT2D eigenvalue weighted by molar-refractivity contribution is 7.14. The molecule has 1 amide bonds. The van der Waals surface area contributed by atoms with Gasteiger partial charge >= 0.3 is 0 Å². The molecule has 1 aromatic carbocycles. The van der Waals surface area contributed by atoms with Crippen LogP contribution in [0, 0.1) is 0 Å². The molecule has 0 spiro atoms. The van der Waals surface area contributed by atoms with Crippen LogP contribution in [0.15, 0.2) is 29.6 Å². The van der Waals surface area contributed by atoms with Crippen LogP contribution in [-0.4, -0.2) is 39.1 Å². The molecule has 0 bridgehead atoms. The largest absolute Gasteiger partial charge is 0.297 e. The Bertz CT molecular complexity index is 834. The molecule has 4 rings (SSSR count). The van der Waals surface area contributed by atoms with Gasteiger partial charge < -0.3 is 0 Å². The zero-order valence-electron chi connectivity index (χ0n) is 12.6. The average Bonchev–Trinajstić information content (AvgIpc) is 3.28. The van der Waals surface area contributed by atoms with E-state index in [4.69, 9.17) is 0 Å². The van der Waals surface area contributed by atoms with Gasteiger partial charge in [-0.1, -0.05) is 18.2 Å². The molecule has 7 heteroatoms. The molecule has 1 fully saturated rings. The van der Waals surface area contributed by atoms with Gasteiger partial charge in [0.25, 0.3) is 5.91 Å². The number of likely N-dealkylation sites (tertiary alicyclic amines) is 1. The number of anilines is 1. The molecule has 0 atom stereocenters. The van der Waals surface area contributed by atoms with Crippen LogP contribution in [0.3, 0.4) is 0 Å². The molecular formula is C16H17N5OS. The van der Waals surface area contributed by atoms with Gasteiger partial charge in [0.1, 0.15) is 0 Å². The zero-order chi connectivity index (χ0) is 15.6. The van der Waals surface area contributed by atoms with Crippen molar-refractivity contribution in [3.8, 4) is 0 Å². The van der Waals surface area contributed by atoms with Crippen LogP contribution in [0.4, 0.5) is 5.13 Å². The van der Waals surface area contributed by atoms with Crippen LogP contribution >= 0.6 is 11.3 Å². The van der Waals surface area contributed by atoms with E-state index in [1.54, 1.807) is 0 Å². The summed E-state index contributed by atoms with van der Waals surface area (Å²) in [5, 5.41) is 13.3. The molecule has 2 N–H and O–H groups in total. The molecule has 6 nitrogen and oxygen atoms in total. The number of nitrogens with zero attached hydrogens (tertiary/aromatic N) is 3. The first-order valence-corrected chi connectivity index (χ1v) is 8.59. The zero-order valence-corrected chi connectivity index (χ0v) is 13.4. The van der Waals surface area contributed by atoms with E-state index in [2.05, 4.69) is 25.4 Å². The van der Waals surface area contributed by atoms with Gasteiger partial charge in [-0.15, -0.1) is 11.3 Å². The van der Waals surface area contributed by atoms with E-state index in [0.29, 0.717) is 10.8 Å². The summed E-state index contributed by atoms with van der Waals surface area (Å²) in [4.78, 5) is 19.3. The predicted octanol–water partition coefficient (Wildman–Crippen LogP) is 2.87. The van der Waals surface area contributed by atoms with Crippen molar-refractivity contribution in [3.63, 3.8) is 0 Å². The summed E-state index contributed by atoms with van der Waals surface area (Å²) in [6, 6.07) is 7.59. The minimum absolute atomic E-state index is 0.232. The Hall–Kier alpha value is -2.25. The first-order chi connectivity index (χ1) is 11.3. The molecule has 3 aromatic rings. The van der Waals surface area contributed by atoms with Crippen molar-refractivity contribution in [2.45, 2.75) is 19.4 Å². The maximum atomic E-state index is 12.4. The van der Waals surface area contributed by atoms with Crippen molar-refractivity contribution >= 4 is 33.3 Å². The number of fused-ring (bicyclic) bond motifs is 1. The van der Waals surface area contributed by atoms with Gasteiger partial charge in [-0.05, 0) is 32.0 Å². The van der Waals surface area contributed by atoms with Crippen LogP contribution in [0.1, 0.15) is 29.0 Å². The predicted molar refractivity (Wildman–Crippen MR) is 90.7 cm³/mol. The third kappa shape index (κ3) is 2.97. The van der Waals surface area contributed by atoms with Gasteiger partial charge in [0.15, 0.2) is 10.8 Å². The number of amides is 1. The third-order valence-corrected chi connectivity index (χ3v) is 4.85. The summed E-state index contributed by atoms with van der Waals surface area (Å²) in [7, 11) is 0. The molecule has 1 aliphatic heterocycles. The third-order valence-electron chi connectivity index (χ3n) is 4.04. The van der Waals surface area contributed by atoms with Gasteiger partial charge in [0.05, 0.1) is 11.2 Å². The van der Waals surface area contributed by atoms with E-state index >= 15 is 0 Å². The fraction of sp³-hybridized carbons (Fsp3) is 0.312. The maximum absolute atomic E-state index is 12.4. The summed E-state index contributed by atoms with van der Waals surface area (Å²) in [6.45, 7) is 3.13. The molecule has 0 radical (unpaired) electrons. The molecular weight excluding hydrogens is 310 g/mol. The van der Waals surface area contributed by atoms with Gasteiger partial charge in [-0.3, -0.25) is 20.1 Å². The average molecular weight is 327 g/mol. The SMILES string of the molecule is O=C(Nc1nc(CN2CCCC2)cs1)c1n[nH]c2ccccc12. The highest BCUT2D eigenvalue weighted by atomic mass is 32.1. The van der Waals surface area contributed by atoms with Crippen molar-refractivity contribution in [2.24, 2.45) is 0 Å². The van der Waals surface area contributed by atoms with Gasteiger partial charge in [0.2, 0.25) is 0 Å². The second kappa shape index (κ2) is 6.10. The van der Waals surface area contributed by atoms with Crippen LogP contribution in [0.2, 0.25) is 0 Å². The monoisotopic (exact) mass is 327 g/mol. The molecule has 0 aliphatic carbocycles. The van der Waals surface area contributed by atoms with E-state index in [9.17, 15) is 4.79 Å². The van der Waals surface area contributed by atoms with Gasteiger partial charge in [-0.2, -0.15) is 5.10 Å². The number of aromatic amines is 1. The molecule has 1 saturated heterocycles. The fourth-order valence-corrected chi connectivity index (χ4v) is 3.60. The van der Waals surface area contributed by atoms with Crippen LogP contribution in [0.25, 0.3) is 10.9 Å². The maximum Gasteiger partial charge on any atom is 0.278 e. The number of benzene rings is 1. The molecule has 2 aromatic heterocycles. The summed E-state index contributed by atoms with van der Waals surface area (Å²) in [6.07, 6.45) is 2.53. The first kappa shape index (κ1) is 14.3. The van der Waals surface area contributed by atoms with Gasteiger partial charge in [0, 0.05) is 17.3 Å². The number of hydrogen-bond acceptors (Lipinski definition) is 5. The summed E-state index contributed by atoms with van der Waals surface area (Å²) in [5.74, 6) is -0.232. The van der Waals surface area contributed by atoms with Gasteiger partial charge in [-0.25, -0.2) is 4.98 Å². The minimum atomic E-state index is -0.232. The Labute approximate surface area is 137 Å². The van der Waals surface area contributed by atoms with Crippen molar-refractivity contribution in [1.29, 1.82) is 0 Å². The Morgan fingerprint density at radius 3 is 3.00 bits per heavy atom. The van der Waals surface area contributed by atoms with E-state index in [0.717, 1.165) is 36.2 Å². The van der Waals surface area contributed by atoms with Crippen LogP contribution < -0.4 is 5.32 Å². The number of thiazole rings is 1. The summed E-state index contributed by atoms with van der Waals surface area (Å²) >= 11 is 1.46. The van der Waals surface area contributed by atoms with Crippen molar-refractivity contribution in [1.82, 2.24) is 20.1 Å². The fourth-order valence-electron chi connectivity index (χ4n) is 2.90. The van der Waals surface area contributed by atoms with E-state index < -0.39 is 0 Å². The topological polar surface area (TPSA) is 73.9 Å². The lowest BCUT2D eigenvalue weighted by Gasteiger charge is -2.11. The quantitative estimate of drug-likeness (QED) is 0.773. The number of H-pyrrole nitrogens is 1. The standard InChI is InChI=1S/C16H17N5OS/c22-15(14-12-5-1-2-6-13(12)19-20-14)18-16-17-11(10-23-16)9-21-7-3-4-8-21/h1-2,5-6,10H,3-4,7-9H2,(H,19,20)(H,17,18,22). The van der Waals surface area contributed by atoms with Crippen LogP contribution in [0.5, 0.6) is 0 Å². The highest BCUT2D eigenvalue weighted by Gasteiger charge is 2.17. The lowest BCUT2D eigenvalue weighted by molar-refractivity contribution is 0.102. The number of carbonyl (C=O) groups excluding carboxylic acids is 1. The summed E-state index contributed by atoms with van der Waals surface area (Å²) in [5.41, 5.74) is 2.27. The Kier molecular flexibility index (Phi) is 3.80. The second-order valence-corrected chi connectivity index (χ2v) is 6.56. The van der Waals surface area contributed by atoms with Crippen molar-refractivity contribution in [3.05, 3.63) is 41.0 Å². The van der Waals surface area contributed by atoms with Crippen LogP contribution in [-0.2, 0) is 6.54 Å². The summed E-state index contributed by atoms with van der Waals surface area (Å²) < 4.78 is 0. The lowest BCUT2D eigenvalue weighted by atomic mass is 10.2. The van der Waals surface area contributed by atoms with Crippen molar-refractivity contribution in [2.75, 3.05) is 18.4 Å². The Balaban J connectivity index is 1.47. The Morgan fingerprint density at radius 2 is 2.13 bits per heavy atom. The number of para-hydroxylation sites is 1. The number of aromatic nitrogens is 3. The molecule has 1 aliphatic rings. The van der Waals surface area contributed by atoms with E-state index in [-0.39, 0.29) is 5.91 Å². The number of nitrogens with one attached hydrogen (secondary N) is 2. The molecule has 0 unspecified atom stereocenters. The first-order valence-electron chi connectivity index (χ1n) is 7.71. The minimum Gasteiger partial charge on any atom is -0.297 e. The van der Waals surface area contributed by atoms with E-state index in [1.807, 2.05) is 29.6 Å². The molecule has 118 valence electrons. The molecule has 0 saturated carbocycles. The molecule has 23 heavy (non-hydrogen) atoms. The normalized spacial score (nSPS) is 15.3. The number of rotatable bonds is 4. The van der Waals surface area contributed by atoms with E-state index in [1.165, 1.54) is 24.2 Å². The highest BCUT2D eigenvalue weighted by Crippen LogP contribution is 2.21. The number of hydrogen-bond donors (Lipinski definition) is 2. The Morgan fingerprint density at radius 1 is 1.30 bits per heavy atom. The number of carbonyl (C=O) groups is 1.